The van der Waals surface area contributed by atoms with Crippen LogP contribution in [0.4, 0.5) is 0 Å². The van der Waals surface area contributed by atoms with E-state index in [0.29, 0.717) is 5.96 Å². The first kappa shape index (κ1) is 22.7. The largest absolute Gasteiger partial charge is 0.356 e. The molecule has 0 spiro atoms. The van der Waals surface area contributed by atoms with Gasteiger partial charge in [-0.15, -0.1) is 24.0 Å². The van der Waals surface area contributed by atoms with Gasteiger partial charge in [0.05, 0.1) is 6.04 Å². The zero-order valence-corrected chi connectivity index (χ0v) is 18.8. The lowest BCUT2D eigenvalue weighted by Gasteiger charge is -2.22. The molecule has 0 aromatic heterocycles. The molecular weight excluding hydrogens is 439 g/mol. The highest BCUT2D eigenvalue weighted by Gasteiger charge is 2.14. The number of carbonyl (C=O) groups is 1. The molecule has 1 aliphatic carbocycles. The number of amides is 1. The number of carbonyl (C=O) groups excluding carboxylic acids is 1. The first-order valence-electron chi connectivity index (χ1n) is 9.38. The van der Waals surface area contributed by atoms with Crippen LogP contribution in [0.25, 0.3) is 0 Å². The van der Waals surface area contributed by atoms with E-state index in [1.807, 2.05) is 0 Å². The molecule has 0 aliphatic heterocycles. The van der Waals surface area contributed by atoms with Crippen molar-refractivity contribution in [2.75, 3.05) is 27.2 Å². The second kappa shape index (κ2) is 11.4. The van der Waals surface area contributed by atoms with Crippen molar-refractivity contribution in [2.24, 2.45) is 4.99 Å². The zero-order chi connectivity index (χ0) is 18.2. The summed E-state index contributed by atoms with van der Waals surface area (Å²) in [4.78, 5) is 17.8. The van der Waals surface area contributed by atoms with E-state index < -0.39 is 0 Å². The third-order valence-electron chi connectivity index (χ3n) is 4.64. The molecule has 0 saturated heterocycles. The van der Waals surface area contributed by atoms with Crippen molar-refractivity contribution >= 4 is 35.8 Å². The molecule has 2 rings (SSSR count). The molecule has 1 aromatic rings. The lowest BCUT2D eigenvalue weighted by Crippen LogP contribution is -2.40. The number of hydrogen-bond acceptors (Lipinski definition) is 2. The van der Waals surface area contributed by atoms with Crippen molar-refractivity contribution in [3.63, 3.8) is 0 Å². The lowest BCUT2D eigenvalue weighted by atomic mass is 9.89. The maximum atomic E-state index is 11.8. The molecule has 1 unspecified atom stereocenters. The number of fused-ring (bicyclic) bond motifs is 1. The smallest absolute Gasteiger partial charge is 0.243 e. The van der Waals surface area contributed by atoms with Crippen molar-refractivity contribution in [3.8, 4) is 0 Å². The Morgan fingerprint density at radius 1 is 1.23 bits per heavy atom. The van der Waals surface area contributed by atoms with Gasteiger partial charge in [-0.2, -0.15) is 0 Å². The standard InChI is InChI=1S/C20H32N4O.HI/c1-5-12-21-20(22-14-19(25)24(3)4)23-15(2)17-11-10-16-8-6-7-9-18(16)13-17;/h10-11,13,15H,5-9,12,14H2,1-4H3,(H2,21,22,23);1H. The van der Waals surface area contributed by atoms with Gasteiger partial charge in [-0.1, -0.05) is 25.1 Å². The van der Waals surface area contributed by atoms with E-state index in [1.54, 1.807) is 19.0 Å². The van der Waals surface area contributed by atoms with Crippen molar-refractivity contribution in [1.82, 2.24) is 15.5 Å². The van der Waals surface area contributed by atoms with Gasteiger partial charge in [0, 0.05) is 20.6 Å². The van der Waals surface area contributed by atoms with Gasteiger partial charge in [-0.3, -0.25) is 4.79 Å². The van der Waals surface area contributed by atoms with E-state index in [0.717, 1.165) is 13.0 Å². The first-order chi connectivity index (χ1) is 12.0. The van der Waals surface area contributed by atoms with Crippen LogP contribution in [0.3, 0.4) is 0 Å². The summed E-state index contributed by atoms with van der Waals surface area (Å²) in [7, 11) is 3.50. The van der Waals surface area contributed by atoms with Crippen LogP contribution in [0.1, 0.15) is 55.8 Å². The Morgan fingerprint density at radius 3 is 2.58 bits per heavy atom. The highest BCUT2D eigenvalue weighted by atomic mass is 127. The third kappa shape index (κ3) is 6.78. The van der Waals surface area contributed by atoms with Crippen molar-refractivity contribution < 1.29 is 4.79 Å². The summed E-state index contributed by atoms with van der Waals surface area (Å²) >= 11 is 0. The van der Waals surface area contributed by atoms with Gasteiger partial charge < -0.3 is 15.5 Å². The van der Waals surface area contributed by atoms with Crippen LogP contribution in [-0.2, 0) is 17.6 Å². The van der Waals surface area contributed by atoms with Gasteiger partial charge in [0.25, 0.3) is 0 Å². The van der Waals surface area contributed by atoms with Crippen molar-refractivity contribution in [1.29, 1.82) is 0 Å². The number of nitrogens with one attached hydrogen (secondary N) is 2. The maximum absolute atomic E-state index is 11.8. The summed E-state index contributed by atoms with van der Waals surface area (Å²) < 4.78 is 0. The summed E-state index contributed by atoms with van der Waals surface area (Å²) in [6.07, 6.45) is 5.99. The van der Waals surface area contributed by atoms with Crippen LogP contribution < -0.4 is 10.6 Å². The number of aryl methyl sites for hydroxylation is 2. The van der Waals surface area contributed by atoms with E-state index in [-0.39, 0.29) is 42.5 Å². The van der Waals surface area contributed by atoms with Gasteiger partial charge in [-0.05, 0) is 55.7 Å². The molecule has 6 heteroatoms. The fourth-order valence-electron chi connectivity index (χ4n) is 3.00. The average molecular weight is 472 g/mol. The second-order valence-corrected chi connectivity index (χ2v) is 6.98. The van der Waals surface area contributed by atoms with E-state index >= 15 is 0 Å². The highest BCUT2D eigenvalue weighted by Crippen LogP contribution is 2.24. The molecule has 5 nitrogen and oxygen atoms in total. The van der Waals surface area contributed by atoms with E-state index in [2.05, 4.69) is 47.7 Å². The van der Waals surface area contributed by atoms with Crippen LogP contribution >= 0.6 is 24.0 Å². The third-order valence-corrected chi connectivity index (χ3v) is 4.64. The van der Waals surface area contributed by atoms with Gasteiger partial charge in [-0.25, -0.2) is 4.99 Å². The SMILES string of the molecule is CCCNC(=NCC(=O)N(C)C)NC(C)c1ccc2c(c1)CCCC2.I. The Balaban J connectivity index is 0.00000338. The lowest BCUT2D eigenvalue weighted by molar-refractivity contribution is -0.127. The monoisotopic (exact) mass is 472 g/mol. The second-order valence-electron chi connectivity index (χ2n) is 6.98. The van der Waals surface area contributed by atoms with Gasteiger partial charge in [0.2, 0.25) is 5.91 Å². The van der Waals surface area contributed by atoms with Crippen molar-refractivity contribution in [3.05, 3.63) is 34.9 Å². The predicted octanol–water partition coefficient (Wildman–Crippen LogP) is 3.28. The summed E-state index contributed by atoms with van der Waals surface area (Å²) in [5, 5.41) is 6.73. The molecule has 0 radical (unpaired) electrons. The molecule has 1 amide bonds. The molecule has 0 bridgehead atoms. The molecule has 0 saturated carbocycles. The maximum Gasteiger partial charge on any atom is 0.243 e. The number of benzene rings is 1. The van der Waals surface area contributed by atoms with E-state index in [9.17, 15) is 4.79 Å². The highest BCUT2D eigenvalue weighted by molar-refractivity contribution is 14.0. The average Bonchev–Trinajstić information content (AvgIpc) is 2.62. The number of nitrogens with zero attached hydrogens (tertiary/aromatic N) is 2. The number of likely N-dealkylation sites (N-methyl/N-ethyl adjacent to an activating group) is 1. The molecule has 0 fully saturated rings. The van der Waals surface area contributed by atoms with Crippen LogP contribution in [0.15, 0.2) is 23.2 Å². The van der Waals surface area contributed by atoms with Crippen LogP contribution in [0.5, 0.6) is 0 Å². The molecule has 26 heavy (non-hydrogen) atoms. The summed E-state index contributed by atoms with van der Waals surface area (Å²) in [5.41, 5.74) is 4.25. The summed E-state index contributed by atoms with van der Waals surface area (Å²) in [6, 6.07) is 6.96. The quantitative estimate of drug-likeness (QED) is 0.380. The number of halogens is 1. The predicted molar refractivity (Wildman–Crippen MR) is 119 cm³/mol. The van der Waals surface area contributed by atoms with Gasteiger partial charge in [0.1, 0.15) is 6.54 Å². The Kier molecular flexibility index (Phi) is 9.98. The van der Waals surface area contributed by atoms with Gasteiger partial charge >= 0.3 is 0 Å². The number of hydrogen-bond donors (Lipinski definition) is 2. The number of guanidine groups is 1. The molecule has 1 aliphatic rings. The Bertz CT molecular complexity index is 616. The van der Waals surface area contributed by atoms with E-state index in [1.165, 1.54) is 42.4 Å². The Labute approximate surface area is 175 Å². The van der Waals surface area contributed by atoms with Crippen LogP contribution in [-0.4, -0.2) is 44.0 Å². The zero-order valence-electron chi connectivity index (χ0n) is 16.5. The normalized spacial score (nSPS) is 14.7. The topological polar surface area (TPSA) is 56.7 Å². The minimum atomic E-state index is -0.000896. The number of aliphatic imine (C=N–C) groups is 1. The minimum Gasteiger partial charge on any atom is -0.356 e. The fraction of sp³-hybridized carbons (Fsp3) is 0.600. The van der Waals surface area contributed by atoms with Crippen molar-refractivity contribution in [2.45, 2.75) is 52.0 Å². The molecular formula is C20H33IN4O. The van der Waals surface area contributed by atoms with Crippen LogP contribution in [0, 0.1) is 0 Å². The van der Waals surface area contributed by atoms with Crippen LogP contribution in [0.2, 0.25) is 0 Å². The molecule has 1 atom stereocenters. The fourth-order valence-corrected chi connectivity index (χ4v) is 3.00. The number of rotatable bonds is 6. The summed E-state index contributed by atoms with van der Waals surface area (Å²) in [5.74, 6) is 0.696. The molecule has 0 heterocycles. The molecule has 2 N–H and O–H groups in total. The minimum absolute atomic E-state index is 0. The van der Waals surface area contributed by atoms with E-state index in [4.69, 9.17) is 0 Å². The summed E-state index contributed by atoms with van der Waals surface area (Å²) in [6.45, 7) is 5.24. The molecule has 1 aromatic carbocycles. The Hall–Kier alpha value is -1.31. The first-order valence-corrected chi connectivity index (χ1v) is 9.38. The van der Waals surface area contributed by atoms with Gasteiger partial charge in [0.15, 0.2) is 5.96 Å². The molecule has 146 valence electrons. The Morgan fingerprint density at radius 2 is 1.92 bits per heavy atom.